The minimum atomic E-state index is -0.405. The zero-order valence-electron chi connectivity index (χ0n) is 14.1. The molecule has 3 N–H and O–H groups in total. The molecule has 1 aliphatic rings. The Kier molecular flexibility index (Phi) is 6.61. The zero-order valence-corrected chi connectivity index (χ0v) is 14.1. The van der Waals surface area contributed by atoms with Crippen molar-refractivity contribution >= 4 is 11.5 Å². The van der Waals surface area contributed by atoms with Crippen LogP contribution in [0.3, 0.4) is 0 Å². The number of ether oxygens (including phenoxy) is 1. The first-order valence-corrected chi connectivity index (χ1v) is 8.24. The predicted octanol–water partition coefficient (Wildman–Crippen LogP) is 3.16. The van der Waals surface area contributed by atoms with Gasteiger partial charge >= 0.3 is 5.97 Å². The number of carbonyl (C=O) groups excluding carboxylic acids is 1. The van der Waals surface area contributed by atoms with E-state index >= 15 is 0 Å². The van der Waals surface area contributed by atoms with Crippen molar-refractivity contribution in [1.29, 1.82) is 0 Å². The molecule has 0 aromatic carbocycles. The Balaban J connectivity index is 2.12. The number of methoxy groups -OCH3 is 1. The maximum absolute atomic E-state index is 11.5. The van der Waals surface area contributed by atoms with E-state index in [2.05, 4.69) is 21.6 Å². The molecule has 1 aliphatic carbocycles. The Morgan fingerprint density at radius 1 is 1.38 bits per heavy atom. The van der Waals surface area contributed by atoms with Crippen molar-refractivity contribution in [2.75, 3.05) is 7.11 Å². The van der Waals surface area contributed by atoms with Crippen LogP contribution in [0.5, 0.6) is 0 Å². The molecule has 1 saturated carbocycles. The molecule has 5 nitrogen and oxygen atoms in total. The average Bonchev–Trinajstić information content (AvgIpc) is 2.61. The molecule has 5 heteroatoms. The lowest BCUT2D eigenvalue weighted by atomic mass is 9.95. The lowest BCUT2D eigenvalue weighted by Gasteiger charge is -2.24. The Labute approximate surface area is 143 Å². The number of aromatic nitrogens is 1. The largest absolute Gasteiger partial charge is 0.465 e. The first kappa shape index (κ1) is 17.8. The summed E-state index contributed by atoms with van der Waals surface area (Å²) in [6, 6.07) is 3.94. The molecule has 0 unspecified atom stereocenters. The highest BCUT2D eigenvalue weighted by atomic mass is 16.5. The SMILES string of the molecule is C=C(/C=C(\C=C/N)c1ccc(C(=O)OC)cn1)NC1CCCCC1. The lowest BCUT2D eigenvalue weighted by molar-refractivity contribution is 0.0600. The van der Waals surface area contributed by atoms with E-state index in [1.165, 1.54) is 51.6 Å². The predicted molar refractivity (Wildman–Crippen MR) is 96.0 cm³/mol. The monoisotopic (exact) mass is 327 g/mol. The molecule has 1 heterocycles. The highest BCUT2D eigenvalue weighted by Gasteiger charge is 2.13. The smallest absolute Gasteiger partial charge is 0.339 e. The average molecular weight is 327 g/mol. The van der Waals surface area contributed by atoms with Crippen molar-refractivity contribution in [2.24, 2.45) is 5.73 Å². The third kappa shape index (κ3) is 4.98. The molecule has 0 saturated heterocycles. The van der Waals surface area contributed by atoms with E-state index in [4.69, 9.17) is 5.73 Å². The van der Waals surface area contributed by atoms with Crippen LogP contribution in [0.2, 0.25) is 0 Å². The van der Waals surface area contributed by atoms with Gasteiger partial charge in [0.2, 0.25) is 0 Å². The van der Waals surface area contributed by atoms with Gasteiger partial charge in [-0.25, -0.2) is 4.79 Å². The van der Waals surface area contributed by atoms with Gasteiger partial charge in [0.25, 0.3) is 0 Å². The van der Waals surface area contributed by atoms with Crippen LogP contribution < -0.4 is 11.1 Å². The number of nitrogens with two attached hydrogens (primary N) is 1. The van der Waals surface area contributed by atoms with E-state index in [-0.39, 0.29) is 0 Å². The first-order chi connectivity index (χ1) is 11.6. The van der Waals surface area contributed by atoms with E-state index in [1.807, 2.05) is 6.08 Å². The van der Waals surface area contributed by atoms with Crippen molar-refractivity contribution < 1.29 is 9.53 Å². The first-order valence-electron chi connectivity index (χ1n) is 8.24. The van der Waals surface area contributed by atoms with Crippen LogP contribution >= 0.6 is 0 Å². The van der Waals surface area contributed by atoms with Gasteiger partial charge in [-0.15, -0.1) is 0 Å². The van der Waals surface area contributed by atoms with Crippen molar-refractivity contribution in [3.05, 3.63) is 60.2 Å². The van der Waals surface area contributed by atoms with E-state index in [0.717, 1.165) is 17.0 Å². The van der Waals surface area contributed by atoms with E-state index < -0.39 is 5.97 Å². The number of allylic oxidation sites excluding steroid dienone is 3. The van der Waals surface area contributed by atoms with Crippen LogP contribution in [0.25, 0.3) is 5.57 Å². The zero-order chi connectivity index (χ0) is 17.4. The lowest BCUT2D eigenvalue weighted by Crippen LogP contribution is -2.29. The maximum atomic E-state index is 11.5. The fraction of sp³-hybridized carbons (Fsp3) is 0.368. The van der Waals surface area contributed by atoms with Gasteiger partial charge in [-0.1, -0.05) is 25.8 Å². The van der Waals surface area contributed by atoms with Gasteiger partial charge in [0.1, 0.15) is 0 Å². The molecule has 0 spiro atoms. The molecule has 128 valence electrons. The standard InChI is InChI=1S/C19H25N3O2/c1-14(22-17-6-4-3-5-7-17)12-15(10-11-20)18-9-8-16(13-21-18)19(23)24-2/h8-13,17,22H,1,3-7,20H2,2H3/b11-10-,15-12+. The number of hydrogen-bond acceptors (Lipinski definition) is 5. The summed E-state index contributed by atoms with van der Waals surface area (Å²) in [5, 5.41) is 3.47. The maximum Gasteiger partial charge on any atom is 0.339 e. The second-order valence-corrected chi connectivity index (χ2v) is 5.89. The van der Waals surface area contributed by atoms with Gasteiger partial charge < -0.3 is 15.8 Å². The molecular formula is C19H25N3O2. The van der Waals surface area contributed by atoms with Crippen molar-refractivity contribution in [2.45, 2.75) is 38.1 Å². The third-order valence-electron chi connectivity index (χ3n) is 4.08. The number of nitrogens with one attached hydrogen (secondary N) is 1. The van der Waals surface area contributed by atoms with Crippen LogP contribution in [0.15, 0.2) is 49.0 Å². The minimum Gasteiger partial charge on any atom is -0.465 e. The summed E-state index contributed by atoms with van der Waals surface area (Å²) in [7, 11) is 1.35. The van der Waals surface area contributed by atoms with Crippen LogP contribution in [0, 0.1) is 0 Å². The molecule has 0 amide bonds. The summed E-state index contributed by atoms with van der Waals surface area (Å²) in [6.07, 6.45) is 12.9. The summed E-state index contributed by atoms with van der Waals surface area (Å²) in [4.78, 5) is 15.8. The summed E-state index contributed by atoms with van der Waals surface area (Å²) in [5.41, 5.74) is 8.36. The fourth-order valence-electron chi connectivity index (χ4n) is 2.85. The normalized spacial score (nSPS) is 16.1. The summed E-state index contributed by atoms with van der Waals surface area (Å²) in [5.74, 6) is -0.405. The quantitative estimate of drug-likeness (QED) is 0.620. The molecule has 0 bridgehead atoms. The topological polar surface area (TPSA) is 77.2 Å². The molecule has 1 aromatic rings. The molecule has 1 fully saturated rings. The second kappa shape index (κ2) is 8.91. The highest BCUT2D eigenvalue weighted by molar-refractivity contribution is 5.89. The van der Waals surface area contributed by atoms with Crippen LogP contribution in [-0.4, -0.2) is 24.1 Å². The van der Waals surface area contributed by atoms with Crippen molar-refractivity contribution in [3.63, 3.8) is 0 Å². The molecule has 0 radical (unpaired) electrons. The Bertz CT molecular complexity index is 627. The van der Waals surface area contributed by atoms with Gasteiger partial charge in [0, 0.05) is 23.5 Å². The Morgan fingerprint density at radius 2 is 2.12 bits per heavy atom. The van der Waals surface area contributed by atoms with E-state index in [1.54, 1.807) is 18.2 Å². The summed E-state index contributed by atoms with van der Waals surface area (Å²) >= 11 is 0. The molecule has 2 rings (SSSR count). The summed E-state index contributed by atoms with van der Waals surface area (Å²) in [6.45, 7) is 4.09. The van der Waals surface area contributed by atoms with Crippen LogP contribution in [0.1, 0.15) is 48.2 Å². The molecule has 0 aliphatic heterocycles. The Morgan fingerprint density at radius 3 is 2.71 bits per heavy atom. The number of hydrogen-bond donors (Lipinski definition) is 2. The Hall–Kier alpha value is -2.56. The van der Waals surface area contributed by atoms with Crippen molar-refractivity contribution in [1.82, 2.24) is 10.3 Å². The van der Waals surface area contributed by atoms with Gasteiger partial charge in [0.05, 0.1) is 18.4 Å². The van der Waals surface area contributed by atoms with Crippen LogP contribution in [0.4, 0.5) is 0 Å². The van der Waals surface area contributed by atoms with Gasteiger partial charge in [-0.3, -0.25) is 4.98 Å². The number of esters is 1. The van der Waals surface area contributed by atoms with E-state index in [0.29, 0.717) is 11.6 Å². The third-order valence-corrected chi connectivity index (χ3v) is 4.08. The summed E-state index contributed by atoms with van der Waals surface area (Å²) < 4.78 is 4.68. The highest BCUT2D eigenvalue weighted by Crippen LogP contribution is 2.20. The van der Waals surface area contributed by atoms with Gasteiger partial charge in [0.15, 0.2) is 0 Å². The van der Waals surface area contributed by atoms with Crippen molar-refractivity contribution in [3.8, 4) is 0 Å². The minimum absolute atomic E-state index is 0.405. The van der Waals surface area contributed by atoms with E-state index in [9.17, 15) is 4.79 Å². The van der Waals surface area contributed by atoms with Gasteiger partial charge in [-0.05, 0) is 43.3 Å². The molecular weight excluding hydrogens is 302 g/mol. The van der Waals surface area contributed by atoms with Gasteiger partial charge in [-0.2, -0.15) is 0 Å². The van der Waals surface area contributed by atoms with Crippen LogP contribution in [-0.2, 0) is 4.74 Å². The molecule has 1 aromatic heterocycles. The number of nitrogens with zero attached hydrogens (tertiary/aromatic N) is 1. The fourth-order valence-corrected chi connectivity index (χ4v) is 2.85. The molecule has 24 heavy (non-hydrogen) atoms. The number of carbonyl (C=O) groups is 1. The molecule has 0 atom stereocenters. The second-order valence-electron chi connectivity index (χ2n) is 5.89. The number of pyridine rings is 1. The number of rotatable bonds is 6.